The van der Waals surface area contributed by atoms with Crippen LogP contribution in [-0.2, 0) is 14.3 Å². The normalized spacial score (nSPS) is 18.9. The fraction of sp³-hybridized carbons (Fsp3) is 0.286. The second-order valence-corrected chi connectivity index (χ2v) is 4.04. The number of esters is 2. The molecule has 18 heavy (non-hydrogen) atoms. The van der Waals surface area contributed by atoms with Crippen molar-refractivity contribution in [2.24, 2.45) is 0 Å². The number of carbonyl (C=O) groups is 2. The summed E-state index contributed by atoms with van der Waals surface area (Å²) in [4.78, 5) is 22.8. The van der Waals surface area contributed by atoms with Crippen molar-refractivity contribution < 1.29 is 19.1 Å². The number of carbonyl (C=O) groups excluding carboxylic acids is 2. The Bertz CT molecular complexity index is 461. The quantitative estimate of drug-likeness (QED) is 0.769. The van der Waals surface area contributed by atoms with E-state index in [4.69, 9.17) is 9.47 Å². The Kier molecular flexibility index (Phi) is 3.77. The van der Waals surface area contributed by atoms with Crippen LogP contribution in [0.2, 0.25) is 0 Å². The van der Waals surface area contributed by atoms with Gasteiger partial charge in [0.25, 0.3) is 0 Å². The Morgan fingerprint density at radius 2 is 2.11 bits per heavy atom. The lowest BCUT2D eigenvalue weighted by Crippen LogP contribution is -2.28. The summed E-state index contributed by atoms with van der Waals surface area (Å²) in [6.45, 7) is 3.63. The van der Waals surface area contributed by atoms with Crippen molar-refractivity contribution >= 4 is 18.0 Å². The van der Waals surface area contributed by atoms with Gasteiger partial charge in [0, 0.05) is 12.8 Å². The van der Waals surface area contributed by atoms with Crippen molar-refractivity contribution in [2.45, 2.75) is 25.6 Å². The first kappa shape index (κ1) is 12.4. The van der Waals surface area contributed by atoms with Crippen LogP contribution in [0.5, 0.6) is 0 Å². The van der Waals surface area contributed by atoms with Gasteiger partial charge in [-0.3, -0.25) is 4.79 Å². The third kappa shape index (κ3) is 2.97. The van der Waals surface area contributed by atoms with E-state index in [9.17, 15) is 9.59 Å². The average Bonchev–Trinajstić information content (AvgIpc) is 2.39. The predicted molar refractivity (Wildman–Crippen MR) is 65.7 cm³/mol. The molecule has 1 aromatic rings. The first-order valence-corrected chi connectivity index (χ1v) is 5.82. The Hall–Kier alpha value is -2.10. The standard InChI is InChI=1S/C14H14O4/c1-2-10-6-8-11(9-7-10)14(16)18-13-5-3-4-12(15)17-13/h2,6-9,13H,1,3-5H2. The molecule has 0 bridgehead atoms. The average molecular weight is 246 g/mol. The van der Waals surface area contributed by atoms with Crippen LogP contribution in [0.1, 0.15) is 35.2 Å². The minimum atomic E-state index is -0.752. The van der Waals surface area contributed by atoms with Gasteiger partial charge in [0.05, 0.1) is 5.56 Å². The maximum Gasteiger partial charge on any atom is 0.341 e. The van der Waals surface area contributed by atoms with E-state index in [0.29, 0.717) is 24.8 Å². The van der Waals surface area contributed by atoms with E-state index in [1.54, 1.807) is 30.3 Å². The molecule has 0 amide bonds. The van der Waals surface area contributed by atoms with E-state index < -0.39 is 12.3 Å². The van der Waals surface area contributed by atoms with Crippen LogP contribution >= 0.6 is 0 Å². The molecule has 0 N–H and O–H groups in total. The predicted octanol–water partition coefficient (Wildman–Crippen LogP) is 2.54. The van der Waals surface area contributed by atoms with Gasteiger partial charge in [-0.25, -0.2) is 4.79 Å². The molecule has 0 aliphatic carbocycles. The molecule has 94 valence electrons. The summed E-state index contributed by atoms with van der Waals surface area (Å²) in [5.41, 5.74) is 1.36. The third-order valence-electron chi connectivity index (χ3n) is 2.70. The van der Waals surface area contributed by atoms with Gasteiger partial charge in [-0.05, 0) is 24.1 Å². The summed E-state index contributed by atoms with van der Waals surface area (Å²) in [5.74, 6) is -0.800. The Labute approximate surface area is 105 Å². The summed E-state index contributed by atoms with van der Waals surface area (Å²) in [7, 11) is 0. The van der Waals surface area contributed by atoms with Gasteiger partial charge in [0.1, 0.15) is 0 Å². The van der Waals surface area contributed by atoms with E-state index in [1.165, 1.54) is 0 Å². The van der Waals surface area contributed by atoms with Crippen molar-refractivity contribution in [3.63, 3.8) is 0 Å². The molecular formula is C14H14O4. The fourth-order valence-corrected chi connectivity index (χ4v) is 1.70. The molecule has 1 heterocycles. The monoisotopic (exact) mass is 246 g/mol. The van der Waals surface area contributed by atoms with Crippen LogP contribution in [0.3, 0.4) is 0 Å². The van der Waals surface area contributed by atoms with Crippen molar-refractivity contribution in [1.82, 2.24) is 0 Å². The SMILES string of the molecule is C=Cc1ccc(C(=O)OC2CCCC(=O)O2)cc1. The number of cyclic esters (lactones) is 1. The summed E-state index contributed by atoms with van der Waals surface area (Å²) in [6.07, 6.45) is 2.58. The molecular weight excluding hydrogens is 232 g/mol. The topological polar surface area (TPSA) is 52.6 Å². The van der Waals surface area contributed by atoms with Crippen LogP contribution in [-0.4, -0.2) is 18.2 Å². The van der Waals surface area contributed by atoms with Gasteiger partial charge < -0.3 is 9.47 Å². The molecule has 1 saturated heterocycles. The molecule has 0 radical (unpaired) electrons. The highest BCUT2D eigenvalue weighted by atomic mass is 16.7. The van der Waals surface area contributed by atoms with Gasteiger partial charge in [-0.2, -0.15) is 0 Å². The first-order valence-electron chi connectivity index (χ1n) is 5.82. The highest BCUT2D eigenvalue weighted by Crippen LogP contribution is 2.17. The van der Waals surface area contributed by atoms with Crippen LogP contribution < -0.4 is 0 Å². The molecule has 1 aromatic carbocycles. The molecule has 0 saturated carbocycles. The number of hydrogen-bond donors (Lipinski definition) is 0. The molecule has 2 rings (SSSR count). The van der Waals surface area contributed by atoms with Gasteiger partial charge in [-0.15, -0.1) is 0 Å². The second kappa shape index (κ2) is 5.49. The van der Waals surface area contributed by atoms with E-state index in [1.807, 2.05) is 0 Å². The van der Waals surface area contributed by atoms with Crippen molar-refractivity contribution in [3.05, 3.63) is 42.0 Å². The van der Waals surface area contributed by atoms with Gasteiger partial charge in [0.15, 0.2) is 0 Å². The smallest absolute Gasteiger partial charge is 0.341 e. The molecule has 4 heteroatoms. The highest BCUT2D eigenvalue weighted by molar-refractivity contribution is 5.89. The van der Waals surface area contributed by atoms with Crippen LogP contribution in [0.4, 0.5) is 0 Å². The summed E-state index contributed by atoms with van der Waals surface area (Å²) in [6, 6.07) is 6.86. The Morgan fingerprint density at radius 1 is 1.39 bits per heavy atom. The van der Waals surface area contributed by atoms with Crippen molar-refractivity contribution in [3.8, 4) is 0 Å². The Morgan fingerprint density at radius 3 is 2.72 bits per heavy atom. The first-order chi connectivity index (χ1) is 8.69. The number of hydrogen-bond acceptors (Lipinski definition) is 4. The summed E-state index contributed by atoms with van der Waals surface area (Å²) >= 11 is 0. The molecule has 1 atom stereocenters. The zero-order chi connectivity index (χ0) is 13.0. The Balaban J connectivity index is 1.98. The van der Waals surface area contributed by atoms with E-state index in [-0.39, 0.29) is 5.97 Å². The van der Waals surface area contributed by atoms with Crippen molar-refractivity contribution in [1.29, 1.82) is 0 Å². The molecule has 0 spiro atoms. The molecule has 1 fully saturated rings. The highest BCUT2D eigenvalue weighted by Gasteiger charge is 2.24. The number of ether oxygens (including phenoxy) is 2. The molecule has 4 nitrogen and oxygen atoms in total. The van der Waals surface area contributed by atoms with E-state index in [2.05, 4.69) is 6.58 Å². The van der Waals surface area contributed by atoms with E-state index in [0.717, 1.165) is 5.56 Å². The van der Waals surface area contributed by atoms with Crippen LogP contribution in [0.15, 0.2) is 30.8 Å². The lowest BCUT2D eigenvalue weighted by Gasteiger charge is -2.21. The van der Waals surface area contributed by atoms with E-state index >= 15 is 0 Å². The zero-order valence-electron chi connectivity index (χ0n) is 9.93. The largest absolute Gasteiger partial charge is 0.425 e. The minimum absolute atomic E-state index is 0.318. The molecule has 1 unspecified atom stereocenters. The van der Waals surface area contributed by atoms with Gasteiger partial charge in [0.2, 0.25) is 6.29 Å². The third-order valence-corrected chi connectivity index (χ3v) is 2.70. The lowest BCUT2D eigenvalue weighted by atomic mass is 10.1. The number of rotatable bonds is 3. The van der Waals surface area contributed by atoms with Gasteiger partial charge in [-0.1, -0.05) is 24.8 Å². The molecule has 1 aliphatic heterocycles. The number of benzene rings is 1. The minimum Gasteiger partial charge on any atom is -0.425 e. The fourth-order valence-electron chi connectivity index (χ4n) is 1.70. The summed E-state index contributed by atoms with van der Waals surface area (Å²) in [5, 5.41) is 0. The van der Waals surface area contributed by atoms with Crippen molar-refractivity contribution in [2.75, 3.05) is 0 Å². The molecule has 1 aliphatic rings. The van der Waals surface area contributed by atoms with Crippen LogP contribution in [0.25, 0.3) is 6.08 Å². The second-order valence-electron chi connectivity index (χ2n) is 4.04. The zero-order valence-corrected chi connectivity index (χ0v) is 9.93. The summed E-state index contributed by atoms with van der Waals surface area (Å²) < 4.78 is 10.0. The van der Waals surface area contributed by atoms with Gasteiger partial charge >= 0.3 is 11.9 Å². The maximum atomic E-state index is 11.8. The molecule has 0 aromatic heterocycles. The lowest BCUT2D eigenvalue weighted by molar-refractivity contribution is -0.176. The van der Waals surface area contributed by atoms with Crippen LogP contribution in [0, 0.1) is 0 Å². The maximum absolute atomic E-state index is 11.8.